The number of fused-ring (bicyclic) bond motifs is 1. The molecule has 4 heteroatoms. The van der Waals surface area contributed by atoms with Gasteiger partial charge in [-0.1, -0.05) is 24.3 Å². The molecule has 2 N–H and O–H groups in total. The molecule has 0 spiro atoms. The molecule has 4 rings (SSSR count). The highest BCUT2D eigenvalue weighted by Gasteiger charge is 2.29. The maximum atomic E-state index is 13.1. The third-order valence-corrected chi connectivity index (χ3v) is 5.99. The van der Waals surface area contributed by atoms with Crippen LogP contribution >= 0.6 is 0 Å². The van der Waals surface area contributed by atoms with Crippen LogP contribution in [0.3, 0.4) is 0 Å². The summed E-state index contributed by atoms with van der Waals surface area (Å²) >= 11 is 0. The van der Waals surface area contributed by atoms with Gasteiger partial charge in [0.2, 0.25) is 5.78 Å². The number of piperazine rings is 1. The number of benzene rings is 2. The topological polar surface area (TPSA) is 40.5 Å². The lowest BCUT2D eigenvalue weighted by molar-refractivity contribution is -0.894. The molecule has 146 valence electrons. The van der Waals surface area contributed by atoms with Gasteiger partial charge < -0.3 is 14.8 Å². The van der Waals surface area contributed by atoms with Crippen LogP contribution in [0, 0.1) is 20.8 Å². The second kappa shape index (κ2) is 7.44. The number of carbonyl (C=O) groups is 1. The van der Waals surface area contributed by atoms with E-state index < -0.39 is 0 Å². The Morgan fingerprint density at radius 3 is 2.68 bits per heavy atom. The molecule has 2 heterocycles. The number of nitrogens with zero attached hydrogens (tertiary/aromatic N) is 1. The number of hydrogen-bond donors (Lipinski definition) is 2. The highest BCUT2D eigenvalue weighted by atomic mass is 16.1. The minimum absolute atomic E-state index is 0.249. The number of carbonyl (C=O) groups excluding carboxylic acids is 1. The lowest BCUT2D eigenvalue weighted by Crippen LogP contribution is -3.16. The summed E-state index contributed by atoms with van der Waals surface area (Å²) in [5, 5.41) is 1.05. The van der Waals surface area contributed by atoms with Crippen molar-refractivity contribution in [3.05, 3.63) is 64.8 Å². The maximum Gasteiger partial charge on any atom is 0.219 e. The largest absolute Gasteiger partial charge is 0.358 e. The molecule has 2 aromatic carbocycles. The van der Waals surface area contributed by atoms with Crippen LogP contribution in [0.5, 0.6) is 0 Å². The van der Waals surface area contributed by atoms with Crippen LogP contribution in [0.2, 0.25) is 0 Å². The molecule has 1 aromatic heterocycles. The average Bonchev–Trinajstić information content (AvgIpc) is 2.96. The molecule has 1 unspecified atom stereocenters. The SMILES string of the molecule is Cc1cccc(N2CC[NH+](CC(=O)c3c(C)[nH]c4cc(C)ccc34)C[C@@H]2C)c1. The van der Waals surface area contributed by atoms with E-state index in [4.69, 9.17) is 0 Å². The Morgan fingerprint density at radius 2 is 1.93 bits per heavy atom. The first-order valence-electron chi connectivity index (χ1n) is 10.2. The fourth-order valence-electron chi connectivity index (χ4n) is 4.60. The Balaban J connectivity index is 1.47. The first kappa shape index (κ1) is 18.8. The number of ketones is 1. The molecule has 3 aromatic rings. The average molecular weight is 377 g/mol. The summed E-state index contributed by atoms with van der Waals surface area (Å²) in [5.74, 6) is 0.249. The second-order valence-electron chi connectivity index (χ2n) is 8.36. The van der Waals surface area contributed by atoms with Gasteiger partial charge in [0.05, 0.1) is 31.2 Å². The van der Waals surface area contributed by atoms with E-state index in [-0.39, 0.29) is 5.78 Å². The zero-order valence-corrected chi connectivity index (χ0v) is 17.3. The van der Waals surface area contributed by atoms with Crippen molar-refractivity contribution in [1.82, 2.24) is 4.98 Å². The van der Waals surface area contributed by atoms with Crippen molar-refractivity contribution in [1.29, 1.82) is 0 Å². The first-order valence-corrected chi connectivity index (χ1v) is 10.2. The van der Waals surface area contributed by atoms with E-state index in [1.807, 2.05) is 6.92 Å². The predicted molar refractivity (Wildman–Crippen MR) is 116 cm³/mol. The van der Waals surface area contributed by atoms with Gasteiger partial charge in [0.25, 0.3) is 0 Å². The Kier molecular flexibility index (Phi) is 4.98. The number of quaternary nitrogens is 1. The summed E-state index contributed by atoms with van der Waals surface area (Å²) in [4.78, 5) is 20.4. The van der Waals surface area contributed by atoms with Gasteiger partial charge in [0, 0.05) is 22.3 Å². The van der Waals surface area contributed by atoms with Gasteiger partial charge in [-0.15, -0.1) is 0 Å². The van der Waals surface area contributed by atoms with E-state index in [1.54, 1.807) is 0 Å². The molecule has 0 radical (unpaired) electrons. The van der Waals surface area contributed by atoms with E-state index >= 15 is 0 Å². The first-order chi connectivity index (χ1) is 13.4. The zero-order valence-electron chi connectivity index (χ0n) is 17.3. The highest BCUT2D eigenvalue weighted by Crippen LogP contribution is 2.23. The number of hydrogen-bond acceptors (Lipinski definition) is 2. The maximum absolute atomic E-state index is 13.1. The molecule has 1 saturated heterocycles. The van der Waals surface area contributed by atoms with Gasteiger partial charge in [-0.05, 0) is 57.0 Å². The third kappa shape index (κ3) is 3.57. The number of aryl methyl sites for hydroxylation is 3. The van der Waals surface area contributed by atoms with Gasteiger partial charge in [0.15, 0.2) is 0 Å². The monoisotopic (exact) mass is 376 g/mol. The molecule has 0 bridgehead atoms. The molecule has 1 fully saturated rings. The van der Waals surface area contributed by atoms with Crippen LogP contribution in [0.4, 0.5) is 5.69 Å². The summed E-state index contributed by atoms with van der Waals surface area (Å²) < 4.78 is 0. The Labute approximate surface area is 167 Å². The minimum Gasteiger partial charge on any atom is -0.358 e. The van der Waals surface area contributed by atoms with Crippen LogP contribution in [-0.2, 0) is 0 Å². The summed E-state index contributed by atoms with van der Waals surface area (Å²) in [6, 6.07) is 15.4. The molecular formula is C24H30N3O+. The van der Waals surface area contributed by atoms with Crippen molar-refractivity contribution in [3.63, 3.8) is 0 Å². The molecular weight excluding hydrogens is 346 g/mol. The van der Waals surface area contributed by atoms with E-state index in [0.717, 1.165) is 41.8 Å². The van der Waals surface area contributed by atoms with Crippen LogP contribution in [-0.4, -0.2) is 43.0 Å². The number of anilines is 1. The van der Waals surface area contributed by atoms with Crippen molar-refractivity contribution >= 4 is 22.4 Å². The molecule has 0 aliphatic carbocycles. The summed E-state index contributed by atoms with van der Waals surface area (Å²) in [7, 11) is 0. The third-order valence-electron chi connectivity index (χ3n) is 5.99. The van der Waals surface area contributed by atoms with Crippen LogP contribution in [0.25, 0.3) is 10.9 Å². The molecule has 2 atom stereocenters. The lowest BCUT2D eigenvalue weighted by Gasteiger charge is -2.38. The van der Waals surface area contributed by atoms with Gasteiger partial charge in [-0.2, -0.15) is 0 Å². The number of aromatic amines is 1. The fraction of sp³-hybridized carbons (Fsp3) is 0.375. The van der Waals surface area contributed by atoms with Gasteiger partial charge in [-0.25, -0.2) is 0 Å². The predicted octanol–water partition coefficient (Wildman–Crippen LogP) is 3.07. The van der Waals surface area contributed by atoms with Crippen LogP contribution in [0.15, 0.2) is 42.5 Å². The molecule has 28 heavy (non-hydrogen) atoms. The number of aromatic nitrogens is 1. The van der Waals surface area contributed by atoms with Crippen molar-refractivity contribution in [2.45, 2.75) is 33.7 Å². The van der Waals surface area contributed by atoms with Gasteiger partial charge in [0.1, 0.15) is 6.54 Å². The molecule has 4 nitrogen and oxygen atoms in total. The smallest absolute Gasteiger partial charge is 0.219 e. The Hall–Kier alpha value is -2.59. The summed E-state index contributed by atoms with van der Waals surface area (Å²) in [6.45, 7) is 12.0. The standard InChI is InChI=1S/C24H29N3O/c1-16-6-5-7-20(12-16)27-11-10-26(14-18(27)3)15-23(28)24-19(4)25-22-13-17(2)8-9-21(22)24/h5-9,12-13,18,25H,10-11,14-15H2,1-4H3/p+1/t18-/m0/s1. The van der Waals surface area contributed by atoms with Crippen molar-refractivity contribution in [2.24, 2.45) is 0 Å². The highest BCUT2D eigenvalue weighted by molar-refractivity contribution is 6.09. The normalized spacial score (nSPS) is 19.9. The van der Waals surface area contributed by atoms with Gasteiger partial charge >= 0.3 is 0 Å². The molecule has 1 aliphatic heterocycles. The minimum atomic E-state index is 0.249. The quantitative estimate of drug-likeness (QED) is 0.687. The van der Waals surface area contributed by atoms with Crippen LogP contribution in [0.1, 0.15) is 34.1 Å². The Morgan fingerprint density at radius 1 is 1.14 bits per heavy atom. The summed E-state index contributed by atoms with van der Waals surface area (Å²) in [5.41, 5.74) is 6.71. The lowest BCUT2D eigenvalue weighted by atomic mass is 10.0. The number of rotatable bonds is 4. The molecule has 0 saturated carbocycles. The van der Waals surface area contributed by atoms with E-state index in [1.165, 1.54) is 21.7 Å². The molecule has 1 aliphatic rings. The van der Waals surface area contributed by atoms with Crippen molar-refractivity contribution < 1.29 is 9.69 Å². The Bertz CT molecular complexity index is 1020. The van der Waals surface area contributed by atoms with E-state index in [2.05, 4.69) is 73.1 Å². The zero-order chi connectivity index (χ0) is 19.8. The van der Waals surface area contributed by atoms with Gasteiger partial charge in [-0.3, -0.25) is 4.79 Å². The van der Waals surface area contributed by atoms with Crippen LogP contribution < -0.4 is 9.80 Å². The number of Topliss-reactive ketones (excluding diaryl/α,β-unsaturated/α-hetero) is 1. The molecule has 0 amide bonds. The fourth-order valence-corrected chi connectivity index (χ4v) is 4.60. The summed E-state index contributed by atoms with van der Waals surface area (Å²) in [6.07, 6.45) is 0. The number of nitrogens with one attached hydrogen (secondary N) is 2. The van der Waals surface area contributed by atoms with E-state index in [9.17, 15) is 4.79 Å². The number of H-pyrrole nitrogens is 1. The second-order valence-corrected chi connectivity index (χ2v) is 8.36. The van der Waals surface area contributed by atoms with Crippen molar-refractivity contribution in [3.8, 4) is 0 Å². The van der Waals surface area contributed by atoms with Crippen molar-refractivity contribution in [2.75, 3.05) is 31.1 Å². The van der Waals surface area contributed by atoms with E-state index in [0.29, 0.717) is 12.6 Å².